The number of carbonyl (C=O) groups excluding carboxylic acids is 2. The highest BCUT2D eigenvalue weighted by Gasteiger charge is 2.14. The van der Waals surface area contributed by atoms with Gasteiger partial charge in [0.15, 0.2) is 5.58 Å². The molecule has 0 fully saturated rings. The highest BCUT2D eigenvalue weighted by Crippen LogP contribution is 2.23. The van der Waals surface area contributed by atoms with Gasteiger partial charge in [0, 0.05) is 18.4 Å². The van der Waals surface area contributed by atoms with Crippen LogP contribution in [0.25, 0.3) is 11.0 Å². The second kappa shape index (κ2) is 7.06. The van der Waals surface area contributed by atoms with Crippen LogP contribution in [0.1, 0.15) is 29.7 Å². The highest BCUT2D eigenvalue weighted by atomic mass is 16.5. The minimum Gasteiger partial charge on any atom is -0.469 e. The van der Waals surface area contributed by atoms with Crippen molar-refractivity contribution in [1.29, 1.82) is 0 Å². The summed E-state index contributed by atoms with van der Waals surface area (Å²) >= 11 is 0. The van der Waals surface area contributed by atoms with Crippen molar-refractivity contribution in [3.8, 4) is 0 Å². The van der Waals surface area contributed by atoms with Crippen LogP contribution < -0.4 is 5.32 Å². The number of carbonyl (C=O) groups is 2. The van der Waals surface area contributed by atoms with Gasteiger partial charge in [0.1, 0.15) is 5.69 Å². The molecule has 0 saturated heterocycles. The number of hydrogen-bond donors (Lipinski definition) is 1. The molecule has 1 aromatic heterocycles. The summed E-state index contributed by atoms with van der Waals surface area (Å²) in [4.78, 5) is 22.9. The fourth-order valence-corrected chi connectivity index (χ4v) is 2.34. The standard InChI is InChI=1S/C16H20N2O4/c1-10-7-11(2)16-12(8-10)13(18-22-16)9-14(19)17-6-4-5-15(20)21-3/h7-8H,4-6,9H2,1-3H3,(H,17,19). The van der Waals surface area contributed by atoms with Crippen LogP contribution in [-0.4, -0.2) is 30.7 Å². The van der Waals surface area contributed by atoms with Crippen LogP contribution in [-0.2, 0) is 20.7 Å². The number of fused-ring (bicyclic) bond motifs is 1. The lowest BCUT2D eigenvalue weighted by Gasteiger charge is -2.03. The van der Waals surface area contributed by atoms with E-state index in [9.17, 15) is 9.59 Å². The summed E-state index contributed by atoms with van der Waals surface area (Å²) in [5.41, 5.74) is 3.46. The average Bonchev–Trinajstić information content (AvgIpc) is 2.86. The first-order valence-electron chi connectivity index (χ1n) is 7.20. The number of esters is 1. The van der Waals surface area contributed by atoms with Gasteiger partial charge in [0.2, 0.25) is 5.91 Å². The molecule has 0 spiro atoms. The first-order valence-corrected chi connectivity index (χ1v) is 7.20. The van der Waals surface area contributed by atoms with E-state index in [-0.39, 0.29) is 18.3 Å². The van der Waals surface area contributed by atoms with Crippen molar-refractivity contribution in [3.63, 3.8) is 0 Å². The van der Waals surface area contributed by atoms with Crippen LogP contribution >= 0.6 is 0 Å². The molecule has 118 valence electrons. The second-order valence-electron chi connectivity index (χ2n) is 5.29. The lowest BCUT2D eigenvalue weighted by Crippen LogP contribution is -2.26. The zero-order valence-corrected chi connectivity index (χ0v) is 13.1. The minimum absolute atomic E-state index is 0.140. The third-order valence-electron chi connectivity index (χ3n) is 3.41. The van der Waals surface area contributed by atoms with Crippen LogP contribution in [0.4, 0.5) is 0 Å². The summed E-state index contributed by atoms with van der Waals surface area (Å²) in [6.07, 6.45) is 1.01. The number of nitrogens with one attached hydrogen (secondary N) is 1. The largest absolute Gasteiger partial charge is 0.469 e. The van der Waals surface area contributed by atoms with E-state index in [1.807, 2.05) is 26.0 Å². The quantitative estimate of drug-likeness (QED) is 0.652. The number of rotatable bonds is 6. The molecule has 0 aliphatic rings. The normalized spacial score (nSPS) is 10.7. The van der Waals surface area contributed by atoms with E-state index >= 15 is 0 Å². The molecule has 0 aliphatic carbocycles. The molecule has 1 aromatic carbocycles. The molecule has 1 N–H and O–H groups in total. The Bertz CT molecular complexity index is 691. The first kappa shape index (κ1) is 16.0. The third kappa shape index (κ3) is 3.84. The smallest absolute Gasteiger partial charge is 0.305 e. The molecule has 0 saturated carbocycles. The van der Waals surface area contributed by atoms with Gasteiger partial charge in [0.25, 0.3) is 0 Å². The summed E-state index contributed by atoms with van der Waals surface area (Å²) < 4.78 is 9.86. The van der Waals surface area contributed by atoms with Gasteiger partial charge in [-0.2, -0.15) is 0 Å². The van der Waals surface area contributed by atoms with E-state index in [2.05, 4.69) is 15.2 Å². The molecule has 0 bridgehead atoms. The molecule has 2 rings (SSSR count). The second-order valence-corrected chi connectivity index (χ2v) is 5.29. The Labute approximate surface area is 128 Å². The molecular formula is C16H20N2O4. The SMILES string of the molecule is COC(=O)CCCNC(=O)Cc1noc2c(C)cc(C)cc12. The maximum atomic E-state index is 11.9. The van der Waals surface area contributed by atoms with Gasteiger partial charge in [-0.1, -0.05) is 11.2 Å². The molecule has 0 aliphatic heterocycles. The van der Waals surface area contributed by atoms with E-state index < -0.39 is 0 Å². The van der Waals surface area contributed by atoms with Crippen molar-refractivity contribution in [2.75, 3.05) is 13.7 Å². The number of ether oxygens (including phenoxy) is 1. The molecule has 1 heterocycles. The van der Waals surface area contributed by atoms with E-state index in [4.69, 9.17) is 4.52 Å². The number of amides is 1. The number of aromatic nitrogens is 1. The van der Waals surface area contributed by atoms with Crippen LogP contribution in [0.15, 0.2) is 16.7 Å². The molecule has 0 unspecified atom stereocenters. The summed E-state index contributed by atoms with van der Waals surface area (Å²) in [6, 6.07) is 3.99. The number of benzene rings is 1. The number of hydrogen-bond acceptors (Lipinski definition) is 5. The van der Waals surface area contributed by atoms with Crippen molar-refractivity contribution >= 4 is 22.8 Å². The van der Waals surface area contributed by atoms with Gasteiger partial charge in [-0.3, -0.25) is 9.59 Å². The van der Waals surface area contributed by atoms with Gasteiger partial charge in [-0.05, 0) is 37.5 Å². The maximum absolute atomic E-state index is 11.9. The summed E-state index contributed by atoms with van der Waals surface area (Å²) in [7, 11) is 1.35. The summed E-state index contributed by atoms with van der Waals surface area (Å²) in [5, 5.41) is 7.64. The van der Waals surface area contributed by atoms with Gasteiger partial charge >= 0.3 is 5.97 Å². The molecule has 0 atom stereocenters. The predicted molar refractivity (Wildman–Crippen MR) is 81.4 cm³/mol. The van der Waals surface area contributed by atoms with Gasteiger partial charge in [0.05, 0.1) is 13.5 Å². The minimum atomic E-state index is -0.275. The monoisotopic (exact) mass is 304 g/mol. The van der Waals surface area contributed by atoms with Gasteiger partial charge < -0.3 is 14.6 Å². The van der Waals surface area contributed by atoms with Crippen LogP contribution in [0.3, 0.4) is 0 Å². The van der Waals surface area contributed by atoms with E-state index in [1.54, 1.807) is 0 Å². The van der Waals surface area contributed by atoms with Gasteiger partial charge in [-0.15, -0.1) is 0 Å². The average molecular weight is 304 g/mol. The molecule has 6 nitrogen and oxygen atoms in total. The van der Waals surface area contributed by atoms with Crippen LogP contribution in [0.5, 0.6) is 0 Å². The van der Waals surface area contributed by atoms with Crippen LogP contribution in [0.2, 0.25) is 0 Å². The first-order chi connectivity index (χ1) is 10.5. The zero-order chi connectivity index (χ0) is 16.1. The fourth-order valence-electron chi connectivity index (χ4n) is 2.34. The number of aryl methyl sites for hydroxylation is 2. The Morgan fingerprint density at radius 2 is 2.09 bits per heavy atom. The molecule has 1 amide bonds. The summed E-state index contributed by atoms with van der Waals surface area (Å²) in [5.74, 6) is -0.415. The van der Waals surface area contributed by atoms with Crippen molar-refractivity contribution < 1.29 is 18.8 Å². The topological polar surface area (TPSA) is 81.4 Å². The number of methoxy groups -OCH3 is 1. The molecule has 22 heavy (non-hydrogen) atoms. The Balaban J connectivity index is 1.93. The Kier molecular flexibility index (Phi) is 5.14. The predicted octanol–water partition coefficient (Wildman–Crippen LogP) is 2.06. The lowest BCUT2D eigenvalue weighted by atomic mass is 10.1. The molecule has 0 radical (unpaired) electrons. The van der Waals surface area contributed by atoms with Crippen molar-refractivity contribution in [2.24, 2.45) is 0 Å². The molecular weight excluding hydrogens is 284 g/mol. The Hall–Kier alpha value is -2.37. The van der Waals surface area contributed by atoms with Crippen LogP contribution in [0, 0.1) is 13.8 Å². The summed E-state index contributed by atoms with van der Waals surface area (Å²) in [6.45, 7) is 4.38. The maximum Gasteiger partial charge on any atom is 0.305 e. The van der Waals surface area contributed by atoms with Crippen molar-refractivity contribution in [3.05, 3.63) is 29.0 Å². The van der Waals surface area contributed by atoms with E-state index in [1.165, 1.54) is 7.11 Å². The van der Waals surface area contributed by atoms with E-state index in [0.717, 1.165) is 22.1 Å². The lowest BCUT2D eigenvalue weighted by molar-refractivity contribution is -0.140. The number of nitrogens with zero attached hydrogens (tertiary/aromatic N) is 1. The Morgan fingerprint density at radius 1 is 1.32 bits per heavy atom. The van der Waals surface area contributed by atoms with Crippen molar-refractivity contribution in [2.45, 2.75) is 33.1 Å². The highest BCUT2D eigenvalue weighted by molar-refractivity contribution is 5.88. The third-order valence-corrected chi connectivity index (χ3v) is 3.41. The molecule has 6 heteroatoms. The zero-order valence-electron chi connectivity index (χ0n) is 13.1. The van der Waals surface area contributed by atoms with Crippen molar-refractivity contribution in [1.82, 2.24) is 10.5 Å². The van der Waals surface area contributed by atoms with Gasteiger partial charge in [-0.25, -0.2) is 0 Å². The fraction of sp³-hybridized carbons (Fsp3) is 0.438. The molecule has 2 aromatic rings. The Morgan fingerprint density at radius 3 is 2.82 bits per heavy atom. The van der Waals surface area contributed by atoms with E-state index in [0.29, 0.717) is 25.1 Å².